The van der Waals surface area contributed by atoms with Gasteiger partial charge in [0.2, 0.25) is 0 Å². The molecule has 0 unspecified atom stereocenters. The van der Waals surface area contributed by atoms with Crippen LogP contribution in [0.4, 0.5) is 0 Å². The highest BCUT2D eigenvalue weighted by atomic mass is 16.5. The molecular formula is C14H14N2O4. The van der Waals surface area contributed by atoms with Crippen LogP contribution in [-0.4, -0.2) is 25.8 Å². The lowest BCUT2D eigenvalue weighted by Crippen LogP contribution is -2.24. The van der Waals surface area contributed by atoms with Crippen LogP contribution in [0.5, 0.6) is 11.5 Å². The lowest BCUT2D eigenvalue weighted by molar-refractivity contribution is -0.123. The van der Waals surface area contributed by atoms with Gasteiger partial charge in [0.05, 0.1) is 19.6 Å². The fourth-order valence-electron chi connectivity index (χ4n) is 1.39. The molecule has 104 valence electrons. The van der Waals surface area contributed by atoms with E-state index in [0.717, 1.165) is 5.75 Å². The van der Waals surface area contributed by atoms with Gasteiger partial charge in [-0.2, -0.15) is 5.10 Å². The predicted octanol–water partition coefficient (Wildman–Crippen LogP) is 1.82. The maximum atomic E-state index is 11.5. The highest BCUT2D eigenvalue weighted by molar-refractivity contribution is 5.81. The minimum Gasteiger partial charge on any atom is -0.497 e. The lowest BCUT2D eigenvalue weighted by Gasteiger charge is -2.05. The molecule has 0 aliphatic heterocycles. The van der Waals surface area contributed by atoms with E-state index in [2.05, 4.69) is 10.5 Å². The quantitative estimate of drug-likeness (QED) is 0.644. The van der Waals surface area contributed by atoms with Gasteiger partial charge in [0.1, 0.15) is 17.3 Å². The molecular weight excluding hydrogens is 260 g/mol. The third kappa shape index (κ3) is 4.16. The van der Waals surface area contributed by atoms with E-state index in [4.69, 9.17) is 13.9 Å². The Labute approximate surface area is 116 Å². The molecule has 1 N–H and O–H groups in total. The van der Waals surface area contributed by atoms with Crippen molar-refractivity contribution in [3.63, 3.8) is 0 Å². The molecule has 20 heavy (non-hydrogen) atoms. The van der Waals surface area contributed by atoms with Crippen LogP contribution in [0.2, 0.25) is 0 Å². The van der Waals surface area contributed by atoms with Crippen molar-refractivity contribution in [1.82, 2.24) is 5.43 Å². The number of amides is 1. The standard InChI is InChI=1S/C14H14N2O4/c1-18-11-4-6-12(7-5-11)20-10-14(17)16-15-9-13-3-2-8-19-13/h2-9H,10H2,1H3,(H,16,17)/b15-9-. The van der Waals surface area contributed by atoms with Gasteiger partial charge in [-0.25, -0.2) is 5.43 Å². The van der Waals surface area contributed by atoms with Gasteiger partial charge in [0.25, 0.3) is 5.91 Å². The molecule has 6 heteroatoms. The summed E-state index contributed by atoms with van der Waals surface area (Å²) in [4.78, 5) is 11.5. The largest absolute Gasteiger partial charge is 0.497 e. The first-order chi connectivity index (χ1) is 9.78. The SMILES string of the molecule is COc1ccc(OCC(=O)N/N=C\c2ccco2)cc1. The number of benzene rings is 1. The molecule has 1 aromatic carbocycles. The predicted molar refractivity (Wildman–Crippen MR) is 72.9 cm³/mol. The maximum Gasteiger partial charge on any atom is 0.277 e. The van der Waals surface area contributed by atoms with Crippen molar-refractivity contribution in [1.29, 1.82) is 0 Å². The maximum absolute atomic E-state index is 11.5. The van der Waals surface area contributed by atoms with Crippen molar-refractivity contribution in [2.45, 2.75) is 0 Å². The molecule has 0 spiro atoms. The first kappa shape index (κ1) is 13.7. The molecule has 2 rings (SSSR count). The zero-order chi connectivity index (χ0) is 14.2. The van der Waals surface area contributed by atoms with Gasteiger partial charge in [0, 0.05) is 0 Å². The molecule has 1 aromatic heterocycles. The second-order valence-electron chi connectivity index (χ2n) is 3.77. The van der Waals surface area contributed by atoms with Crippen LogP contribution >= 0.6 is 0 Å². The van der Waals surface area contributed by atoms with Crippen LogP contribution in [0.3, 0.4) is 0 Å². The van der Waals surface area contributed by atoms with Crippen molar-refractivity contribution in [3.05, 3.63) is 48.4 Å². The van der Waals surface area contributed by atoms with Crippen LogP contribution in [0.1, 0.15) is 5.76 Å². The summed E-state index contributed by atoms with van der Waals surface area (Å²) in [5, 5.41) is 3.74. The Morgan fingerprint density at radius 1 is 1.30 bits per heavy atom. The molecule has 0 atom stereocenters. The average Bonchev–Trinajstić information content (AvgIpc) is 2.99. The number of carbonyl (C=O) groups excluding carboxylic acids is 1. The van der Waals surface area contributed by atoms with Crippen LogP contribution in [0, 0.1) is 0 Å². The lowest BCUT2D eigenvalue weighted by atomic mass is 10.3. The first-order valence-corrected chi connectivity index (χ1v) is 5.90. The zero-order valence-electron chi connectivity index (χ0n) is 10.9. The summed E-state index contributed by atoms with van der Waals surface area (Å²) in [7, 11) is 1.58. The minimum atomic E-state index is -0.358. The number of hydrogen-bond acceptors (Lipinski definition) is 5. The van der Waals surface area contributed by atoms with Gasteiger partial charge in [-0.3, -0.25) is 4.79 Å². The Balaban J connectivity index is 1.74. The summed E-state index contributed by atoms with van der Waals surface area (Å²) in [6, 6.07) is 10.4. The smallest absolute Gasteiger partial charge is 0.277 e. The van der Waals surface area contributed by atoms with Crippen molar-refractivity contribution >= 4 is 12.1 Å². The minimum absolute atomic E-state index is 0.123. The van der Waals surface area contributed by atoms with Crippen LogP contribution in [0.25, 0.3) is 0 Å². The van der Waals surface area contributed by atoms with Crippen LogP contribution < -0.4 is 14.9 Å². The Bertz CT molecular complexity index is 561. The topological polar surface area (TPSA) is 73.1 Å². The van der Waals surface area contributed by atoms with E-state index in [0.29, 0.717) is 11.5 Å². The van der Waals surface area contributed by atoms with E-state index in [-0.39, 0.29) is 12.5 Å². The van der Waals surface area contributed by atoms with Crippen LogP contribution in [-0.2, 0) is 4.79 Å². The molecule has 0 bridgehead atoms. The summed E-state index contributed by atoms with van der Waals surface area (Å²) in [6.07, 6.45) is 2.93. The van der Waals surface area contributed by atoms with E-state index in [1.54, 1.807) is 43.5 Å². The highest BCUT2D eigenvalue weighted by Gasteiger charge is 2.01. The fourth-order valence-corrected chi connectivity index (χ4v) is 1.39. The zero-order valence-corrected chi connectivity index (χ0v) is 10.9. The van der Waals surface area contributed by atoms with E-state index >= 15 is 0 Å². The van der Waals surface area contributed by atoms with E-state index < -0.39 is 0 Å². The molecule has 0 aliphatic carbocycles. The number of methoxy groups -OCH3 is 1. The second-order valence-corrected chi connectivity index (χ2v) is 3.77. The summed E-state index contributed by atoms with van der Waals surface area (Å²) in [5.74, 6) is 1.51. The van der Waals surface area contributed by atoms with Gasteiger partial charge in [-0.15, -0.1) is 0 Å². The molecule has 0 aliphatic rings. The van der Waals surface area contributed by atoms with E-state index in [1.807, 2.05) is 0 Å². The normalized spacial score (nSPS) is 10.4. The molecule has 2 aromatic rings. The molecule has 0 radical (unpaired) electrons. The van der Waals surface area contributed by atoms with Gasteiger partial charge < -0.3 is 13.9 Å². The van der Waals surface area contributed by atoms with Gasteiger partial charge in [-0.1, -0.05) is 0 Å². The van der Waals surface area contributed by atoms with E-state index in [1.165, 1.54) is 12.5 Å². The monoisotopic (exact) mass is 274 g/mol. The summed E-state index contributed by atoms with van der Waals surface area (Å²) >= 11 is 0. The van der Waals surface area contributed by atoms with Crippen molar-refractivity contribution in [2.24, 2.45) is 5.10 Å². The number of hydrogen-bond donors (Lipinski definition) is 1. The second kappa shape index (κ2) is 6.98. The number of nitrogens with one attached hydrogen (secondary N) is 1. The Hall–Kier alpha value is -2.76. The van der Waals surface area contributed by atoms with Crippen molar-refractivity contribution in [2.75, 3.05) is 13.7 Å². The third-order valence-corrected chi connectivity index (χ3v) is 2.35. The summed E-state index contributed by atoms with van der Waals surface area (Å²) in [6.45, 7) is -0.123. The summed E-state index contributed by atoms with van der Waals surface area (Å²) < 4.78 is 15.3. The number of carbonyl (C=O) groups is 1. The molecule has 0 fully saturated rings. The first-order valence-electron chi connectivity index (χ1n) is 5.90. The number of nitrogens with zero attached hydrogens (tertiary/aromatic N) is 1. The number of rotatable bonds is 6. The van der Waals surface area contributed by atoms with Crippen LogP contribution in [0.15, 0.2) is 52.2 Å². The van der Waals surface area contributed by atoms with Gasteiger partial charge in [-0.05, 0) is 36.4 Å². The van der Waals surface area contributed by atoms with Crippen molar-refractivity contribution < 1.29 is 18.7 Å². The third-order valence-electron chi connectivity index (χ3n) is 2.35. The number of ether oxygens (including phenoxy) is 2. The molecule has 6 nitrogen and oxygen atoms in total. The van der Waals surface area contributed by atoms with E-state index in [9.17, 15) is 4.79 Å². The molecule has 0 saturated heterocycles. The highest BCUT2D eigenvalue weighted by Crippen LogP contribution is 2.16. The average molecular weight is 274 g/mol. The fraction of sp³-hybridized carbons (Fsp3) is 0.143. The molecule has 0 saturated carbocycles. The summed E-state index contributed by atoms with van der Waals surface area (Å²) in [5.41, 5.74) is 2.33. The van der Waals surface area contributed by atoms with Crippen molar-refractivity contribution in [3.8, 4) is 11.5 Å². The van der Waals surface area contributed by atoms with Gasteiger partial charge in [0.15, 0.2) is 6.61 Å². The number of hydrazone groups is 1. The molecule has 1 heterocycles. The number of furan rings is 1. The Morgan fingerprint density at radius 3 is 2.70 bits per heavy atom. The Kier molecular flexibility index (Phi) is 4.77. The van der Waals surface area contributed by atoms with Gasteiger partial charge >= 0.3 is 0 Å². The Morgan fingerprint density at radius 2 is 2.05 bits per heavy atom. The molecule has 1 amide bonds.